The monoisotopic (exact) mass is 482 g/mol. The number of hydrogen-bond acceptors (Lipinski definition) is 6. The molecule has 3 heterocycles. The predicted molar refractivity (Wildman–Crippen MR) is 144 cm³/mol. The van der Waals surface area contributed by atoms with Crippen LogP contribution in [0.3, 0.4) is 0 Å². The minimum atomic E-state index is 0.450. The third kappa shape index (κ3) is 4.68. The average molecular weight is 483 g/mol. The molecule has 1 saturated carbocycles. The molecular weight excluding hydrogens is 448 g/mol. The first-order valence-electron chi connectivity index (χ1n) is 12.9. The molecule has 2 aromatic carbocycles. The van der Waals surface area contributed by atoms with Gasteiger partial charge in [0.1, 0.15) is 30.1 Å². The van der Waals surface area contributed by atoms with Crippen LogP contribution in [0.2, 0.25) is 0 Å². The molecule has 0 atom stereocenters. The Morgan fingerprint density at radius 1 is 0.972 bits per heavy atom. The molecule has 7 heteroatoms. The lowest BCUT2D eigenvalue weighted by atomic mass is 9.79. The Kier molecular flexibility index (Phi) is 6.34. The van der Waals surface area contributed by atoms with Crippen LogP contribution in [0.5, 0.6) is 5.75 Å². The largest absolute Gasteiger partial charge is 0.489 e. The normalized spacial score (nSPS) is 20.9. The first-order chi connectivity index (χ1) is 17.6. The Morgan fingerprint density at radius 3 is 2.58 bits per heavy atom. The maximum Gasteiger partial charge on any atom is 0.146 e. The number of rotatable bonds is 7. The summed E-state index contributed by atoms with van der Waals surface area (Å²) < 4.78 is 8.43. The Bertz CT molecular complexity index is 1320. The van der Waals surface area contributed by atoms with E-state index in [0.717, 1.165) is 39.4 Å². The Balaban J connectivity index is 1.21. The van der Waals surface area contributed by atoms with Crippen LogP contribution in [0.4, 0.5) is 5.82 Å². The summed E-state index contributed by atoms with van der Waals surface area (Å²) in [4.78, 5) is 14.0. The van der Waals surface area contributed by atoms with Crippen LogP contribution in [-0.2, 0) is 6.61 Å². The molecule has 2 N–H and O–H groups in total. The fourth-order valence-electron chi connectivity index (χ4n) is 5.57. The summed E-state index contributed by atoms with van der Waals surface area (Å²) in [5.74, 6) is 2.11. The van der Waals surface area contributed by atoms with Gasteiger partial charge in [0.15, 0.2) is 0 Å². The minimum Gasteiger partial charge on any atom is -0.489 e. The molecule has 186 valence electrons. The number of nitrogens with zero attached hydrogens (tertiary/aromatic N) is 5. The number of aromatic nitrogens is 3. The van der Waals surface area contributed by atoms with Gasteiger partial charge in [-0.1, -0.05) is 42.5 Å². The highest BCUT2D eigenvalue weighted by atomic mass is 16.5. The summed E-state index contributed by atoms with van der Waals surface area (Å²) in [6, 6.07) is 18.9. The van der Waals surface area contributed by atoms with Crippen LogP contribution < -0.4 is 10.5 Å². The van der Waals surface area contributed by atoms with Gasteiger partial charge < -0.3 is 24.8 Å². The number of fused-ring (bicyclic) bond motifs is 1. The number of nitrogen functional groups attached to an aromatic ring is 1. The maximum absolute atomic E-state index is 6.40. The number of anilines is 1. The van der Waals surface area contributed by atoms with Gasteiger partial charge in [-0.2, -0.15) is 0 Å². The second-order valence-electron chi connectivity index (χ2n) is 10.3. The Labute approximate surface area is 212 Å². The van der Waals surface area contributed by atoms with Crippen molar-refractivity contribution in [2.45, 2.75) is 25.5 Å². The summed E-state index contributed by atoms with van der Waals surface area (Å²) in [6.45, 7) is 6.45. The van der Waals surface area contributed by atoms with E-state index in [2.05, 4.69) is 61.8 Å². The van der Waals surface area contributed by atoms with Gasteiger partial charge in [-0.25, -0.2) is 9.97 Å². The van der Waals surface area contributed by atoms with Crippen molar-refractivity contribution in [3.05, 3.63) is 72.7 Å². The van der Waals surface area contributed by atoms with Crippen LogP contribution in [0, 0.1) is 5.92 Å². The maximum atomic E-state index is 6.40. The fourth-order valence-corrected chi connectivity index (χ4v) is 5.57. The summed E-state index contributed by atoms with van der Waals surface area (Å²) in [7, 11) is 2.21. The second kappa shape index (κ2) is 9.91. The van der Waals surface area contributed by atoms with E-state index in [0.29, 0.717) is 18.5 Å². The molecule has 2 aromatic heterocycles. The molecule has 2 fully saturated rings. The first-order valence-corrected chi connectivity index (χ1v) is 12.9. The van der Waals surface area contributed by atoms with Crippen molar-refractivity contribution >= 4 is 16.9 Å². The van der Waals surface area contributed by atoms with Crippen molar-refractivity contribution in [3.8, 4) is 16.9 Å². The average Bonchev–Trinajstić information content (AvgIpc) is 3.27. The highest BCUT2D eigenvalue weighted by Gasteiger charge is 2.34. The van der Waals surface area contributed by atoms with Gasteiger partial charge in [0, 0.05) is 50.5 Å². The number of piperazine rings is 1. The topological polar surface area (TPSA) is 72.4 Å². The standard InChI is InChI=1S/C29H34N6O/c1-33-10-12-34(13-11-33)17-22-14-24(15-22)35-18-26(27-28(30)31-20-32-29(27)35)23-8-5-9-25(16-23)36-19-21-6-3-2-4-7-21/h2-9,16,18,20,22,24H,10-15,17,19H2,1H3,(H2,30,31,32)/t22-,24+. The van der Waals surface area contributed by atoms with Crippen molar-refractivity contribution in [2.75, 3.05) is 45.5 Å². The third-order valence-electron chi connectivity index (χ3n) is 7.75. The Morgan fingerprint density at radius 2 is 1.78 bits per heavy atom. The van der Waals surface area contributed by atoms with Gasteiger partial charge in [-0.3, -0.25) is 0 Å². The van der Waals surface area contributed by atoms with E-state index in [1.165, 1.54) is 45.6 Å². The van der Waals surface area contributed by atoms with Crippen LogP contribution in [0.25, 0.3) is 22.2 Å². The molecule has 7 nitrogen and oxygen atoms in total. The lowest BCUT2D eigenvalue weighted by Crippen LogP contribution is -2.47. The number of hydrogen-bond donors (Lipinski definition) is 1. The lowest BCUT2D eigenvalue weighted by Gasteiger charge is -2.41. The zero-order chi connectivity index (χ0) is 24.5. The molecule has 0 radical (unpaired) electrons. The molecule has 0 unspecified atom stereocenters. The second-order valence-corrected chi connectivity index (χ2v) is 10.3. The van der Waals surface area contributed by atoms with E-state index >= 15 is 0 Å². The van der Waals surface area contributed by atoms with E-state index < -0.39 is 0 Å². The van der Waals surface area contributed by atoms with Crippen molar-refractivity contribution in [1.29, 1.82) is 0 Å². The molecule has 0 spiro atoms. The van der Waals surface area contributed by atoms with E-state index in [1.807, 2.05) is 30.3 Å². The molecule has 4 aromatic rings. The number of ether oxygens (including phenoxy) is 1. The molecule has 1 aliphatic heterocycles. The van der Waals surface area contributed by atoms with Gasteiger partial charge in [0.05, 0.1) is 5.39 Å². The number of likely N-dealkylation sites (N-methyl/N-ethyl adjacent to an activating group) is 1. The van der Waals surface area contributed by atoms with Crippen molar-refractivity contribution < 1.29 is 4.74 Å². The highest BCUT2D eigenvalue weighted by molar-refractivity contribution is 6.00. The van der Waals surface area contributed by atoms with Crippen molar-refractivity contribution in [1.82, 2.24) is 24.3 Å². The van der Waals surface area contributed by atoms with Crippen molar-refractivity contribution in [3.63, 3.8) is 0 Å². The molecule has 1 aliphatic carbocycles. The first kappa shape index (κ1) is 23.0. The van der Waals surface area contributed by atoms with E-state index in [4.69, 9.17) is 10.5 Å². The SMILES string of the molecule is CN1CCN(C[C@H]2C[C@@H](n3cc(-c4cccc(OCc5ccccc5)c4)c4c(N)ncnc43)C2)CC1. The molecule has 0 amide bonds. The van der Waals surface area contributed by atoms with Crippen molar-refractivity contribution in [2.24, 2.45) is 5.92 Å². The predicted octanol–water partition coefficient (Wildman–Crippen LogP) is 4.46. The van der Waals surface area contributed by atoms with Gasteiger partial charge in [0.25, 0.3) is 0 Å². The smallest absolute Gasteiger partial charge is 0.146 e. The molecular formula is C29H34N6O. The van der Waals surface area contributed by atoms with Gasteiger partial charge in [0.2, 0.25) is 0 Å². The summed E-state index contributed by atoms with van der Waals surface area (Å²) in [5.41, 5.74) is 10.6. The molecule has 2 aliphatic rings. The van der Waals surface area contributed by atoms with Gasteiger partial charge in [-0.05, 0) is 49.1 Å². The van der Waals surface area contributed by atoms with Crippen LogP contribution in [-0.4, -0.2) is 64.1 Å². The summed E-state index contributed by atoms with van der Waals surface area (Å²) >= 11 is 0. The van der Waals surface area contributed by atoms with Crippen LogP contribution >= 0.6 is 0 Å². The highest BCUT2D eigenvalue weighted by Crippen LogP contribution is 2.43. The number of benzene rings is 2. The minimum absolute atomic E-state index is 0.450. The van der Waals surface area contributed by atoms with Crippen LogP contribution in [0.1, 0.15) is 24.4 Å². The van der Waals surface area contributed by atoms with E-state index in [9.17, 15) is 0 Å². The van der Waals surface area contributed by atoms with Crippen LogP contribution in [0.15, 0.2) is 67.1 Å². The third-order valence-corrected chi connectivity index (χ3v) is 7.75. The Hall–Kier alpha value is -3.42. The van der Waals surface area contributed by atoms with E-state index in [1.54, 1.807) is 6.33 Å². The number of nitrogens with two attached hydrogens (primary N) is 1. The van der Waals surface area contributed by atoms with E-state index in [-0.39, 0.29) is 0 Å². The quantitative estimate of drug-likeness (QED) is 0.419. The fraction of sp³-hybridized carbons (Fsp3) is 0.379. The molecule has 1 saturated heterocycles. The zero-order valence-electron chi connectivity index (χ0n) is 20.9. The summed E-state index contributed by atoms with van der Waals surface area (Å²) in [6.07, 6.45) is 6.17. The molecule has 36 heavy (non-hydrogen) atoms. The summed E-state index contributed by atoms with van der Waals surface area (Å²) in [5, 5.41) is 0.931. The van der Waals surface area contributed by atoms with Gasteiger partial charge >= 0.3 is 0 Å². The van der Waals surface area contributed by atoms with Gasteiger partial charge in [-0.15, -0.1) is 0 Å². The molecule has 0 bridgehead atoms. The lowest BCUT2D eigenvalue weighted by molar-refractivity contribution is 0.0920. The zero-order valence-corrected chi connectivity index (χ0v) is 20.9. The molecule has 6 rings (SSSR count).